The zero-order chi connectivity index (χ0) is 9.30. The van der Waals surface area contributed by atoms with Gasteiger partial charge in [0.1, 0.15) is 0 Å². The maximum absolute atomic E-state index is 12.6. The summed E-state index contributed by atoms with van der Waals surface area (Å²) in [6.07, 6.45) is 0. The van der Waals surface area contributed by atoms with Crippen molar-refractivity contribution in [1.29, 1.82) is 0 Å². The summed E-state index contributed by atoms with van der Waals surface area (Å²) in [5.41, 5.74) is 3.87. The summed E-state index contributed by atoms with van der Waals surface area (Å²) in [4.78, 5) is 10.3. The quantitative estimate of drug-likeness (QED) is 0.692. The van der Waals surface area contributed by atoms with Gasteiger partial charge in [0.2, 0.25) is 0 Å². The highest BCUT2D eigenvalue weighted by molar-refractivity contribution is 5.93. The van der Waals surface area contributed by atoms with E-state index in [2.05, 4.69) is 0 Å². The molecule has 0 saturated carbocycles. The van der Waals surface area contributed by atoms with E-state index in [0.717, 1.165) is 12.1 Å². The van der Waals surface area contributed by atoms with Crippen molar-refractivity contribution in [2.75, 3.05) is 5.73 Å². The van der Waals surface area contributed by atoms with Crippen LogP contribution in [0.3, 0.4) is 0 Å². The smallest absolute Gasteiger partial charge is 0.337 e. The Labute approximate surface area is 78.6 Å². The third-order valence-electron chi connectivity index (χ3n) is 1.36. The fourth-order valence-electron chi connectivity index (χ4n) is 0.753. The summed E-state index contributed by atoms with van der Waals surface area (Å²) in [5, 5.41) is 8.41. The van der Waals surface area contributed by atoms with Crippen molar-refractivity contribution in [2.45, 2.75) is 0 Å². The van der Waals surface area contributed by atoms with Crippen molar-refractivity contribution < 1.29 is 18.7 Å². The summed E-state index contributed by atoms with van der Waals surface area (Å²) in [7, 11) is 0. The lowest BCUT2D eigenvalue weighted by Crippen LogP contribution is -2.05. The molecule has 0 atom stereocenters. The molecule has 0 aromatic heterocycles. The number of aromatic carboxylic acids is 1. The van der Waals surface area contributed by atoms with Gasteiger partial charge in [-0.1, -0.05) is 0 Å². The van der Waals surface area contributed by atoms with Crippen LogP contribution in [0.2, 0.25) is 0 Å². The van der Waals surface area contributed by atoms with Crippen molar-refractivity contribution in [3.63, 3.8) is 0 Å². The number of carbonyl (C=O) groups is 1. The van der Waals surface area contributed by atoms with E-state index in [4.69, 9.17) is 10.8 Å². The Morgan fingerprint density at radius 2 is 1.92 bits per heavy atom. The van der Waals surface area contributed by atoms with E-state index in [1.807, 2.05) is 0 Å². The minimum atomic E-state index is -1.38. The van der Waals surface area contributed by atoms with Crippen molar-refractivity contribution in [3.8, 4) is 0 Å². The minimum Gasteiger partial charge on any atom is -0.478 e. The van der Waals surface area contributed by atoms with Gasteiger partial charge < -0.3 is 10.8 Å². The molecule has 0 radical (unpaired) electrons. The standard InChI is InChI=1S/C7H5F2NO2.ClH/c8-4-2-1-3(7(11)12)6(10)5(4)9;/h1-2H,10H2,(H,11,12);1H. The Morgan fingerprint density at radius 3 is 2.38 bits per heavy atom. The van der Waals surface area contributed by atoms with Gasteiger partial charge in [0, 0.05) is 0 Å². The van der Waals surface area contributed by atoms with Crippen molar-refractivity contribution in [3.05, 3.63) is 29.3 Å². The van der Waals surface area contributed by atoms with E-state index in [1.54, 1.807) is 0 Å². The second-order valence-corrected chi connectivity index (χ2v) is 2.13. The van der Waals surface area contributed by atoms with Gasteiger partial charge in [0.25, 0.3) is 0 Å². The Balaban J connectivity index is 0.00000144. The number of nitrogen functional groups attached to an aromatic ring is 1. The lowest BCUT2D eigenvalue weighted by Gasteiger charge is -2.01. The maximum atomic E-state index is 12.6. The number of carboxylic acids is 1. The third kappa shape index (κ3) is 2.06. The number of rotatable bonds is 1. The van der Waals surface area contributed by atoms with Crippen LogP contribution in [-0.2, 0) is 0 Å². The van der Waals surface area contributed by atoms with Gasteiger partial charge in [-0.05, 0) is 12.1 Å². The number of hydrogen-bond acceptors (Lipinski definition) is 2. The zero-order valence-corrected chi connectivity index (χ0v) is 7.07. The van der Waals surface area contributed by atoms with Crippen LogP contribution in [-0.4, -0.2) is 11.1 Å². The molecule has 1 aromatic carbocycles. The molecule has 0 amide bonds. The SMILES string of the molecule is Cl.Nc1c(C(=O)O)ccc(F)c1F. The Morgan fingerprint density at radius 1 is 1.38 bits per heavy atom. The highest BCUT2D eigenvalue weighted by Gasteiger charge is 2.14. The van der Waals surface area contributed by atoms with Crippen LogP contribution in [0, 0.1) is 11.6 Å². The predicted molar refractivity (Wildman–Crippen MR) is 45.0 cm³/mol. The first-order valence-corrected chi connectivity index (χ1v) is 3.01. The molecular weight excluding hydrogens is 204 g/mol. The number of nitrogens with two attached hydrogens (primary N) is 1. The summed E-state index contributed by atoms with van der Waals surface area (Å²) < 4.78 is 25.0. The van der Waals surface area contributed by atoms with Crippen LogP contribution in [0.5, 0.6) is 0 Å². The molecule has 6 heteroatoms. The van der Waals surface area contributed by atoms with E-state index < -0.39 is 28.9 Å². The number of halogens is 3. The Bertz CT molecular complexity index is 344. The van der Waals surface area contributed by atoms with Gasteiger partial charge in [-0.3, -0.25) is 0 Å². The van der Waals surface area contributed by atoms with E-state index in [1.165, 1.54) is 0 Å². The average Bonchev–Trinajstić information content (AvgIpc) is 2.00. The monoisotopic (exact) mass is 209 g/mol. The normalized spacial score (nSPS) is 9.08. The number of benzene rings is 1. The predicted octanol–water partition coefficient (Wildman–Crippen LogP) is 1.67. The number of hydrogen-bond donors (Lipinski definition) is 2. The summed E-state index contributed by atoms with van der Waals surface area (Å²) in [5.74, 6) is -3.86. The first kappa shape index (κ1) is 11.6. The molecule has 0 aliphatic heterocycles. The summed E-state index contributed by atoms with van der Waals surface area (Å²) >= 11 is 0. The van der Waals surface area contributed by atoms with E-state index in [0.29, 0.717) is 0 Å². The lowest BCUT2D eigenvalue weighted by molar-refractivity contribution is 0.0697. The molecule has 0 aliphatic carbocycles. The molecule has 0 fully saturated rings. The van der Waals surface area contributed by atoms with Gasteiger partial charge >= 0.3 is 5.97 Å². The van der Waals surface area contributed by atoms with Crippen molar-refractivity contribution >= 4 is 24.1 Å². The molecule has 0 bridgehead atoms. The van der Waals surface area contributed by atoms with Crippen LogP contribution in [0.1, 0.15) is 10.4 Å². The van der Waals surface area contributed by atoms with Crippen LogP contribution in [0.25, 0.3) is 0 Å². The topological polar surface area (TPSA) is 63.3 Å². The first-order valence-electron chi connectivity index (χ1n) is 3.01. The van der Waals surface area contributed by atoms with Crippen LogP contribution in [0.15, 0.2) is 12.1 Å². The van der Waals surface area contributed by atoms with E-state index in [9.17, 15) is 13.6 Å². The van der Waals surface area contributed by atoms with Crippen molar-refractivity contribution in [2.24, 2.45) is 0 Å². The molecule has 0 heterocycles. The highest BCUT2D eigenvalue weighted by Crippen LogP contribution is 2.18. The molecule has 0 aliphatic rings. The molecular formula is C7H6ClF2NO2. The lowest BCUT2D eigenvalue weighted by atomic mass is 10.2. The van der Waals surface area contributed by atoms with E-state index in [-0.39, 0.29) is 12.4 Å². The van der Waals surface area contributed by atoms with Gasteiger partial charge in [-0.25, -0.2) is 13.6 Å². The fourth-order valence-corrected chi connectivity index (χ4v) is 0.753. The van der Waals surface area contributed by atoms with Gasteiger partial charge in [-0.2, -0.15) is 0 Å². The summed E-state index contributed by atoms with van der Waals surface area (Å²) in [6.45, 7) is 0. The van der Waals surface area contributed by atoms with Crippen LogP contribution >= 0.6 is 12.4 Å². The number of carboxylic acid groups (broad SMARTS) is 1. The summed E-state index contributed by atoms with van der Waals surface area (Å²) in [6, 6.07) is 1.63. The average molecular weight is 210 g/mol. The van der Waals surface area contributed by atoms with Gasteiger partial charge in [0.05, 0.1) is 11.3 Å². The molecule has 1 aromatic rings. The molecule has 0 spiro atoms. The first-order chi connectivity index (χ1) is 5.54. The molecule has 13 heavy (non-hydrogen) atoms. The Kier molecular flexibility index (Phi) is 3.62. The largest absolute Gasteiger partial charge is 0.478 e. The second-order valence-electron chi connectivity index (χ2n) is 2.13. The van der Waals surface area contributed by atoms with Crippen molar-refractivity contribution in [1.82, 2.24) is 0 Å². The van der Waals surface area contributed by atoms with Crippen LogP contribution in [0.4, 0.5) is 14.5 Å². The third-order valence-corrected chi connectivity index (χ3v) is 1.36. The fraction of sp³-hybridized carbons (Fsp3) is 0. The maximum Gasteiger partial charge on any atom is 0.337 e. The highest BCUT2D eigenvalue weighted by atomic mass is 35.5. The van der Waals surface area contributed by atoms with Gasteiger partial charge in [0.15, 0.2) is 11.6 Å². The van der Waals surface area contributed by atoms with Gasteiger partial charge in [-0.15, -0.1) is 12.4 Å². The molecule has 1 rings (SSSR count). The molecule has 3 nitrogen and oxygen atoms in total. The molecule has 0 unspecified atom stereocenters. The molecule has 3 N–H and O–H groups in total. The van der Waals surface area contributed by atoms with E-state index >= 15 is 0 Å². The molecule has 0 saturated heterocycles. The zero-order valence-electron chi connectivity index (χ0n) is 6.25. The van der Waals surface area contributed by atoms with Crippen LogP contribution < -0.4 is 5.73 Å². The number of anilines is 1. The minimum absolute atomic E-state index is 0. The molecule has 72 valence electrons. The Hall–Kier alpha value is -1.36. The second kappa shape index (κ2) is 4.04.